The van der Waals surface area contributed by atoms with Crippen LogP contribution in [0.25, 0.3) is 0 Å². The van der Waals surface area contributed by atoms with E-state index in [2.05, 4.69) is 41.0 Å². The monoisotopic (exact) mass is 706 g/mol. The van der Waals surface area contributed by atoms with Gasteiger partial charge in [0.25, 0.3) is 5.91 Å². The second kappa shape index (κ2) is 13.5. The summed E-state index contributed by atoms with van der Waals surface area (Å²) in [7, 11) is 4.76. The van der Waals surface area contributed by atoms with Crippen LogP contribution in [0.15, 0.2) is 42.6 Å². The molecule has 1 aliphatic heterocycles. The minimum Gasteiger partial charge on any atom is -0.494 e. The number of carbonyl (C=O) groups is 2. The Morgan fingerprint density at radius 2 is 1.69 bits per heavy atom. The molecule has 2 aromatic carbocycles. The number of benzene rings is 2. The summed E-state index contributed by atoms with van der Waals surface area (Å²) in [4.78, 5) is 38.6. The van der Waals surface area contributed by atoms with Crippen LogP contribution in [-0.2, 0) is 11.0 Å². The number of piperazine rings is 1. The molecular weight excluding hydrogens is 661 g/mol. The van der Waals surface area contributed by atoms with Crippen molar-refractivity contribution in [2.24, 2.45) is 23.2 Å². The summed E-state index contributed by atoms with van der Waals surface area (Å²) in [6, 6.07) is 11.1. The van der Waals surface area contributed by atoms with Gasteiger partial charge in [-0.2, -0.15) is 18.2 Å². The number of halogens is 3. The molecule has 4 saturated carbocycles. The van der Waals surface area contributed by atoms with E-state index in [-0.39, 0.29) is 28.5 Å². The van der Waals surface area contributed by atoms with Crippen LogP contribution in [0.1, 0.15) is 53.6 Å². The number of nitrogens with zero attached hydrogens (tertiary/aromatic N) is 4. The number of ether oxygens (including phenoxy) is 1. The Bertz CT molecular complexity index is 1800. The lowest BCUT2D eigenvalue weighted by molar-refractivity contribution is -0.155. The predicted octanol–water partition coefficient (Wildman–Crippen LogP) is 5.72. The van der Waals surface area contributed by atoms with Crippen molar-refractivity contribution in [1.82, 2.24) is 25.5 Å². The number of anilines is 5. The highest BCUT2D eigenvalue weighted by Gasteiger charge is 2.59. The number of aryl methyl sites for hydroxylation is 1. The van der Waals surface area contributed by atoms with Crippen LogP contribution >= 0.6 is 0 Å². The molecule has 11 nitrogen and oxygen atoms in total. The molecule has 14 heteroatoms. The summed E-state index contributed by atoms with van der Waals surface area (Å²) in [6.07, 6.45) is 1.48. The molecule has 4 N–H and O–H groups in total. The predicted molar refractivity (Wildman–Crippen MR) is 189 cm³/mol. The normalized spacial score (nSPS) is 25.7. The molecular formula is C37H45F3N8O3. The van der Waals surface area contributed by atoms with Gasteiger partial charge in [-0.3, -0.25) is 14.5 Å². The number of hydrogen-bond acceptors (Lipinski definition) is 9. The van der Waals surface area contributed by atoms with Gasteiger partial charge >= 0.3 is 6.18 Å². The van der Waals surface area contributed by atoms with Crippen LogP contribution in [-0.4, -0.2) is 80.1 Å². The largest absolute Gasteiger partial charge is 0.494 e. The lowest BCUT2D eigenvalue weighted by atomic mass is 9.47. The fourth-order valence-corrected chi connectivity index (χ4v) is 9.54. The number of alkyl halides is 3. The molecule has 8 rings (SSSR count). The van der Waals surface area contributed by atoms with Crippen molar-refractivity contribution in [3.8, 4) is 5.75 Å². The van der Waals surface area contributed by atoms with E-state index in [1.54, 1.807) is 33.2 Å². The first-order chi connectivity index (χ1) is 24.4. The molecule has 51 heavy (non-hydrogen) atoms. The third kappa shape index (κ3) is 6.54. The molecule has 2 unspecified atom stereocenters. The number of carbonyl (C=O) groups excluding carboxylic acids is 2. The molecule has 4 bridgehead atoms. The molecule has 0 radical (unpaired) electrons. The highest BCUT2D eigenvalue weighted by atomic mass is 19.4. The Hall–Kier alpha value is -4.59. The first-order valence-electron chi connectivity index (χ1n) is 17.6. The van der Waals surface area contributed by atoms with E-state index in [0.29, 0.717) is 40.8 Å². The summed E-state index contributed by atoms with van der Waals surface area (Å²) < 4.78 is 47.9. The van der Waals surface area contributed by atoms with Crippen LogP contribution in [0.5, 0.6) is 5.75 Å². The van der Waals surface area contributed by atoms with Gasteiger partial charge in [0.05, 0.1) is 29.5 Å². The zero-order chi connectivity index (χ0) is 36.1. The van der Waals surface area contributed by atoms with Gasteiger partial charge in [-0.05, 0) is 80.5 Å². The SMILES string of the molecule is CNC(=O)c1cccc(C)c1Nc1nc(Nc2ccc(N3CCN(C4C5CC6CC4CC(C(=O)NC)(C6)C5)CC3)cc2OC)ncc1C(F)(F)F. The van der Waals surface area contributed by atoms with E-state index in [1.807, 2.05) is 18.2 Å². The maximum absolute atomic E-state index is 14.1. The van der Waals surface area contributed by atoms with Gasteiger partial charge < -0.3 is 30.9 Å². The molecule has 4 aliphatic carbocycles. The Morgan fingerprint density at radius 1 is 0.961 bits per heavy atom. The minimum atomic E-state index is -4.75. The molecule has 2 amide bonds. The number of hydrogen-bond donors (Lipinski definition) is 4. The summed E-state index contributed by atoms with van der Waals surface area (Å²) in [5.41, 5.74) is 1.21. The topological polar surface area (TPSA) is 124 Å². The Balaban J connectivity index is 1.06. The maximum Gasteiger partial charge on any atom is 0.421 e. The third-order valence-corrected chi connectivity index (χ3v) is 11.5. The molecule has 5 fully saturated rings. The van der Waals surface area contributed by atoms with E-state index in [9.17, 15) is 22.8 Å². The Labute approximate surface area is 295 Å². The van der Waals surface area contributed by atoms with Gasteiger partial charge in [0.1, 0.15) is 17.1 Å². The van der Waals surface area contributed by atoms with E-state index in [1.165, 1.54) is 26.0 Å². The number of aromatic nitrogens is 2. The van der Waals surface area contributed by atoms with E-state index in [0.717, 1.165) is 57.3 Å². The van der Waals surface area contributed by atoms with Crippen LogP contribution in [0.4, 0.5) is 42.0 Å². The van der Waals surface area contributed by atoms with E-state index < -0.39 is 23.5 Å². The molecule has 1 saturated heterocycles. The van der Waals surface area contributed by atoms with Crippen molar-refractivity contribution in [2.45, 2.75) is 51.2 Å². The highest BCUT2D eigenvalue weighted by Crippen LogP contribution is 2.61. The summed E-state index contributed by atoms with van der Waals surface area (Å²) in [6.45, 7) is 5.28. The second-order valence-corrected chi connectivity index (χ2v) is 14.5. The zero-order valence-electron chi connectivity index (χ0n) is 29.4. The third-order valence-electron chi connectivity index (χ3n) is 11.5. The van der Waals surface area contributed by atoms with Crippen molar-refractivity contribution in [1.29, 1.82) is 0 Å². The van der Waals surface area contributed by atoms with E-state index in [4.69, 9.17) is 4.74 Å². The number of amides is 2. The second-order valence-electron chi connectivity index (χ2n) is 14.5. The number of para-hydroxylation sites is 1. The van der Waals surface area contributed by atoms with Gasteiger partial charge in [0.15, 0.2) is 0 Å². The van der Waals surface area contributed by atoms with E-state index >= 15 is 0 Å². The standard InChI is InChI=1S/C37H45F3N8O3/c1-21-6-5-7-26(33(49)41-2)30(21)45-32-27(37(38,39)40)20-43-35(46-32)44-28-9-8-25(16-29(28)51-4)47-10-12-48(13-11-47)31-23-14-22-15-24(31)19-36(17-22,18-23)34(50)42-3/h5-9,16,20,22-24,31H,10-15,17-19H2,1-4H3,(H,41,49)(H,42,50)(H2,43,44,45,46). The molecule has 1 aromatic heterocycles. The van der Waals surface area contributed by atoms with Crippen molar-refractivity contribution in [2.75, 3.05) is 62.9 Å². The van der Waals surface area contributed by atoms with Crippen molar-refractivity contribution in [3.05, 3.63) is 59.3 Å². The van der Waals surface area contributed by atoms with Crippen molar-refractivity contribution in [3.63, 3.8) is 0 Å². The highest BCUT2D eigenvalue weighted by molar-refractivity contribution is 6.01. The summed E-state index contributed by atoms with van der Waals surface area (Å²) in [5.74, 6) is 1.53. The summed E-state index contributed by atoms with van der Waals surface area (Å²) >= 11 is 0. The van der Waals surface area contributed by atoms with Crippen molar-refractivity contribution < 1.29 is 27.5 Å². The fourth-order valence-electron chi connectivity index (χ4n) is 9.54. The minimum absolute atomic E-state index is 0.0749. The Kier molecular flexibility index (Phi) is 9.23. The van der Waals surface area contributed by atoms with Crippen LogP contribution in [0, 0.1) is 30.1 Å². The van der Waals surface area contributed by atoms with Crippen molar-refractivity contribution >= 4 is 40.6 Å². The van der Waals surface area contributed by atoms with Crippen LogP contribution in [0.2, 0.25) is 0 Å². The van der Waals surface area contributed by atoms with Crippen LogP contribution < -0.4 is 30.9 Å². The van der Waals surface area contributed by atoms with Gasteiger partial charge in [-0.25, -0.2) is 4.98 Å². The fraction of sp³-hybridized carbons (Fsp3) is 0.514. The quantitative estimate of drug-likeness (QED) is 0.221. The first-order valence-corrected chi connectivity index (χ1v) is 17.6. The first kappa shape index (κ1) is 34.8. The number of rotatable bonds is 9. The molecule has 2 heterocycles. The average molecular weight is 707 g/mol. The van der Waals surface area contributed by atoms with Gasteiger partial charge in [-0.15, -0.1) is 0 Å². The average Bonchev–Trinajstić information content (AvgIpc) is 3.11. The zero-order valence-corrected chi connectivity index (χ0v) is 29.4. The molecule has 272 valence electrons. The molecule has 0 spiro atoms. The molecule has 5 aliphatic rings. The van der Waals surface area contributed by atoms with Gasteiger partial charge in [-0.1, -0.05) is 12.1 Å². The smallest absolute Gasteiger partial charge is 0.421 e. The molecule has 2 atom stereocenters. The lowest BCUT2D eigenvalue weighted by Crippen LogP contribution is -2.64. The summed E-state index contributed by atoms with van der Waals surface area (Å²) in [5, 5.41) is 11.3. The van der Waals surface area contributed by atoms with Gasteiger partial charge in [0.2, 0.25) is 11.9 Å². The lowest BCUT2D eigenvalue weighted by Gasteiger charge is -2.61. The molecule has 3 aromatic rings. The number of nitrogens with one attached hydrogen (secondary N) is 4. The maximum atomic E-state index is 14.1. The van der Waals surface area contributed by atoms with Gasteiger partial charge in [0, 0.05) is 64.3 Å². The number of methoxy groups -OCH3 is 1. The van der Waals surface area contributed by atoms with Crippen LogP contribution in [0.3, 0.4) is 0 Å². The Morgan fingerprint density at radius 3 is 2.33 bits per heavy atom.